The highest BCUT2D eigenvalue weighted by atomic mass is 32.2. The quantitative estimate of drug-likeness (QED) is 0.339. The fraction of sp³-hybridized carbons (Fsp3) is 0.552. The Balaban J connectivity index is 2.43. The van der Waals surface area contributed by atoms with Gasteiger partial charge in [0.15, 0.2) is 5.75 Å². The molecule has 6 heteroatoms. The molecule has 0 heterocycles. The van der Waals surface area contributed by atoms with Crippen LogP contribution in [0.15, 0.2) is 30.3 Å². The number of anilines is 1. The summed E-state index contributed by atoms with van der Waals surface area (Å²) in [6.45, 7) is 20.6. The first-order valence-corrected chi connectivity index (χ1v) is 14.2. The fourth-order valence-corrected chi connectivity index (χ4v) is 5.37. The fourth-order valence-electron chi connectivity index (χ4n) is 4.47. The number of rotatable bonds is 10. The van der Waals surface area contributed by atoms with E-state index in [-0.39, 0.29) is 29.6 Å². The maximum Gasteiger partial charge on any atom is 0.318 e. The predicted molar refractivity (Wildman–Crippen MR) is 146 cm³/mol. The van der Waals surface area contributed by atoms with Gasteiger partial charge in [-0.2, -0.15) is 8.42 Å². The summed E-state index contributed by atoms with van der Waals surface area (Å²) in [7, 11) is -4.17. The first-order chi connectivity index (χ1) is 16.2. The smallest absolute Gasteiger partial charge is 0.318 e. The number of hydrogen-bond donors (Lipinski definition) is 1. The summed E-state index contributed by atoms with van der Waals surface area (Å²) in [5.74, 6) is -0.233. The van der Waals surface area contributed by atoms with Gasteiger partial charge in [0.1, 0.15) is 5.75 Å². The lowest BCUT2D eigenvalue weighted by Gasteiger charge is -2.25. The van der Waals surface area contributed by atoms with Gasteiger partial charge in [-0.25, -0.2) is 0 Å². The molecular weight excluding hydrogens is 458 g/mol. The molecule has 0 aliphatic carbocycles. The average Bonchev–Trinajstić information content (AvgIpc) is 2.71. The van der Waals surface area contributed by atoms with Crippen molar-refractivity contribution in [3.05, 3.63) is 58.1 Å². The minimum absolute atomic E-state index is 0.0775. The summed E-state index contributed by atoms with van der Waals surface area (Å²) < 4.78 is 31.8. The van der Waals surface area contributed by atoms with E-state index >= 15 is 0 Å². The SMILES string of the molecule is CC(C)c1ccc(C(C)C)c(C(C)C)c1NC(=O)CS(=O)(=O)Oc1c(C(C)C)cccc1C(C)C. The second kappa shape index (κ2) is 11.6. The van der Waals surface area contributed by atoms with Crippen molar-refractivity contribution in [2.75, 3.05) is 11.1 Å². The van der Waals surface area contributed by atoms with Crippen LogP contribution in [0.4, 0.5) is 5.69 Å². The minimum Gasteiger partial charge on any atom is -0.381 e. The topological polar surface area (TPSA) is 72.5 Å². The van der Waals surface area contributed by atoms with Crippen LogP contribution in [0.5, 0.6) is 5.75 Å². The number of benzene rings is 2. The molecule has 2 aromatic rings. The second-order valence-corrected chi connectivity index (χ2v) is 12.5. The molecule has 0 atom stereocenters. The monoisotopic (exact) mass is 501 g/mol. The number of amides is 1. The van der Waals surface area contributed by atoms with Gasteiger partial charge < -0.3 is 9.50 Å². The van der Waals surface area contributed by atoms with E-state index in [9.17, 15) is 13.2 Å². The summed E-state index contributed by atoms with van der Waals surface area (Å²) in [4.78, 5) is 13.1. The first-order valence-electron chi connectivity index (χ1n) is 12.7. The van der Waals surface area contributed by atoms with Gasteiger partial charge in [-0.15, -0.1) is 0 Å². The Morgan fingerprint density at radius 3 is 1.60 bits per heavy atom. The van der Waals surface area contributed by atoms with E-state index in [1.54, 1.807) is 0 Å². The Kier molecular flexibility index (Phi) is 9.57. The standard InChI is InChI=1S/C29H43NO4S/c1-17(2)22-14-15-23(18(3)4)28(27(22)21(9)10)30-26(31)16-35(32,33)34-29-24(19(5)6)12-11-13-25(29)20(7)8/h11-15,17-21H,16H2,1-10H3,(H,30,31). The second-order valence-electron chi connectivity index (χ2n) is 10.9. The highest BCUT2D eigenvalue weighted by Gasteiger charge is 2.26. The molecule has 194 valence electrons. The van der Waals surface area contributed by atoms with E-state index in [4.69, 9.17) is 4.18 Å². The Morgan fingerprint density at radius 2 is 1.17 bits per heavy atom. The highest BCUT2D eigenvalue weighted by molar-refractivity contribution is 7.87. The van der Waals surface area contributed by atoms with Crippen LogP contribution in [0.25, 0.3) is 0 Å². The Morgan fingerprint density at radius 1 is 0.714 bits per heavy atom. The molecule has 35 heavy (non-hydrogen) atoms. The van der Waals surface area contributed by atoms with Crippen molar-refractivity contribution in [3.8, 4) is 5.75 Å². The lowest BCUT2D eigenvalue weighted by Crippen LogP contribution is -2.28. The molecule has 0 saturated carbocycles. The van der Waals surface area contributed by atoms with Gasteiger partial charge >= 0.3 is 10.1 Å². The molecule has 0 bridgehead atoms. The molecule has 0 unspecified atom stereocenters. The lowest BCUT2D eigenvalue weighted by atomic mass is 9.85. The molecule has 1 N–H and O–H groups in total. The number of hydrogen-bond acceptors (Lipinski definition) is 4. The largest absolute Gasteiger partial charge is 0.381 e. The molecule has 1 amide bonds. The van der Waals surface area contributed by atoms with Gasteiger partial charge in [-0.05, 0) is 57.4 Å². The minimum atomic E-state index is -4.17. The third-order valence-corrected chi connectivity index (χ3v) is 7.27. The van der Waals surface area contributed by atoms with E-state index in [0.29, 0.717) is 5.75 Å². The maximum atomic E-state index is 13.1. The van der Waals surface area contributed by atoms with Crippen molar-refractivity contribution >= 4 is 21.7 Å². The lowest BCUT2D eigenvalue weighted by molar-refractivity contribution is -0.113. The Labute approximate surface area is 212 Å². The molecular formula is C29H43NO4S. The molecule has 2 aromatic carbocycles. The molecule has 5 nitrogen and oxygen atoms in total. The molecule has 0 saturated heterocycles. The van der Waals surface area contributed by atoms with E-state index < -0.39 is 21.8 Å². The van der Waals surface area contributed by atoms with Gasteiger partial charge in [0.05, 0.1) is 0 Å². The summed E-state index contributed by atoms with van der Waals surface area (Å²) in [6.07, 6.45) is 0. The van der Waals surface area contributed by atoms with Crippen LogP contribution in [-0.2, 0) is 14.9 Å². The summed E-state index contributed by atoms with van der Waals surface area (Å²) in [5.41, 5.74) is 5.57. The molecule has 0 fully saturated rings. The van der Waals surface area contributed by atoms with Crippen molar-refractivity contribution in [3.63, 3.8) is 0 Å². The zero-order chi connectivity index (χ0) is 26.7. The van der Waals surface area contributed by atoms with Crippen molar-refractivity contribution in [1.82, 2.24) is 0 Å². The van der Waals surface area contributed by atoms with Gasteiger partial charge in [-0.1, -0.05) is 99.6 Å². The zero-order valence-corrected chi connectivity index (χ0v) is 23.8. The molecule has 0 radical (unpaired) electrons. The van der Waals surface area contributed by atoms with Crippen molar-refractivity contribution < 1.29 is 17.4 Å². The normalized spacial score (nSPS) is 12.3. The number of nitrogens with one attached hydrogen (secondary N) is 1. The number of carbonyl (C=O) groups excluding carboxylic acids is 1. The van der Waals surface area contributed by atoms with Crippen molar-refractivity contribution in [1.29, 1.82) is 0 Å². The van der Waals surface area contributed by atoms with Crippen LogP contribution in [0, 0.1) is 0 Å². The van der Waals surface area contributed by atoms with Crippen LogP contribution in [0.3, 0.4) is 0 Å². The molecule has 0 aliphatic rings. The predicted octanol–water partition coefficient (Wildman–Crippen LogP) is 7.65. The summed E-state index contributed by atoms with van der Waals surface area (Å²) in [6, 6.07) is 9.84. The molecule has 0 aromatic heterocycles. The average molecular weight is 502 g/mol. The summed E-state index contributed by atoms with van der Waals surface area (Å²) >= 11 is 0. The van der Waals surface area contributed by atoms with Gasteiger partial charge in [-0.3, -0.25) is 4.79 Å². The summed E-state index contributed by atoms with van der Waals surface area (Å²) in [5, 5.41) is 2.96. The molecule has 0 spiro atoms. The maximum absolute atomic E-state index is 13.1. The van der Waals surface area contributed by atoms with Crippen LogP contribution >= 0.6 is 0 Å². The first kappa shape index (κ1) is 28.9. The van der Waals surface area contributed by atoms with E-state index in [2.05, 4.69) is 52.9 Å². The van der Waals surface area contributed by atoms with Crippen LogP contribution in [-0.4, -0.2) is 20.1 Å². The zero-order valence-electron chi connectivity index (χ0n) is 23.0. The van der Waals surface area contributed by atoms with E-state index in [1.807, 2.05) is 52.0 Å². The van der Waals surface area contributed by atoms with E-state index in [0.717, 1.165) is 33.5 Å². The third kappa shape index (κ3) is 7.09. The number of para-hydroxylation sites is 1. The van der Waals surface area contributed by atoms with Gasteiger partial charge in [0, 0.05) is 5.69 Å². The molecule has 0 aliphatic heterocycles. The van der Waals surface area contributed by atoms with Gasteiger partial charge in [0.2, 0.25) is 5.91 Å². The Bertz CT molecular complexity index is 1120. The van der Waals surface area contributed by atoms with Crippen molar-refractivity contribution in [2.24, 2.45) is 0 Å². The molecule has 2 rings (SSSR count). The van der Waals surface area contributed by atoms with Crippen LogP contribution in [0.1, 0.15) is 127 Å². The van der Waals surface area contributed by atoms with Gasteiger partial charge in [0.25, 0.3) is 0 Å². The van der Waals surface area contributed by atoms with Crippen LogP contribution < -0.4 is 9.50 Å². The number of carbonyl (C=O) groups is 1. The highest BCUT2D eigenvalue weighted by Crippen LogP contribution is 2.38. The van der Waals surface area contributed by atoms with E-state index in [1.165, 1.54) is 0 Å². The third-order valence-electron chi connectivity index (χ3n) is 6.24. The van der Waals surface area contributed by atoms with Crippen LogP contribution in [0.2, 0.25) is 0 Å². The Hall–Kier alpha value is -2.34. The van der Waals surface area contributed by atoms with Crippen molar-refractivity contribution in [2.45, 2.75) is 98.8 Å².